The fourth-order valence-corrected chi connectivity index (χ4v) is 11.2. The molecule has 6 aliphatic rings. The summed E-state index contributed by atoms with van der Waals surface area (Å²) in [4.78, 5) is 63.4. The molecule has 3 heterocycles. The van der Waals surface area contributed by atoms with Gasteiger partial charge in [0, 0.05) is 11.8 Å². The molecule has 1 aromatic carbocycles. The zero-order chi connectivity index (χ0) is 40.6. The molecule has 0 radical (unpaired) electrons. The first-order chi connectivity index (χ1) is 28.0. The average Bonchev–Trinajstić information content (AvgIpc) is 3.99. The van der Waals surface area contributed by atoms with Crippen LogP contribution in [0, 0.1) is 17.8 Å². The van der Waals surface area contributed by atoms with Crippen LogP contribution in [0.5, 0.6) is 11.6 Å². The van der Waals surface area contributed by atoms with Gasteiger partial charge in [-0.3, -0.25) is 19.1 Å². The fourth-order valence-electron chi connectivity index (χ4n) is 9.88. The Morgan fingerprint density at radius 2 is 1.76 bits per heavy atom. The number of allylic oxidation sites excluding steroid dienone is 2. The monoisotopic (exact) mass is 819 g/mol. The third-order valence-corrected chi connectivity index (χ3v) is 15.1. The normalized spacial score (nSPS) is 31.2. The molecule has 4 aliphatic carbocycles. The number of ether oxygens (including phenoxy) is 3. The largest absolute Gasteiger partial charge is 0.493 e. The van der Waals surface area contributed by atoms with Gasteiger partial charge >= 0.3 is 6.09 Å². The Bertz CT molecular complexity index is 2050. The van der Waals surface area contributed by atoms with Crippen LogP contribution in [0.3, 0.4) is 0 Å². The van der Waals surface area contributed by atoms with E-state index in [2.05, 4.69) is 27.5 Å². The van der Waals surface area contributed by atoms with Crippen LogP contribution in [0.4, 0.5) is 4.79 Å². The molecule has 1 saturated heterocycles. The summed E-state index contributed by atoms with van der Waals surface area (Å²) in [5.74, 6) is -0.953. The number of carbonyl (C=O) groups is 4. The molecule has 0 unspecified atom stereocenters. The second-order valence-corrected chi connectivity index (χ2v) is 19.1. The number of benzene rings is 1. The van der Waals surface area contributed by atoms with Crippen LogP contribution < -0.4 is 24.8 Å². The predicted molar refractivity (Wildman–Crippen MR) is 215 cm³/mol. The summed E-state index contributed by atoms with van der Waals surface area (Å²) in [6.45, 7) is 4.26. The lowest BCUT2D eigenvalue weighted by molar-refractivity contribution is -0.142. The van der Waals surface area contributed by atoms with Crippen LogP contribution in [0.25, 0.3) is 10.9 Å². The van der Waals surface area contributed by atoms with Gasteiger partial charge < -0.3 is 29.7 Å². The fraction of sp³-hybridized carbons (Fsp3) is 0.651. The lowest BCUT2D eigenvalue weighted by atomic mass is 9.96. The van der Waals surface area contributed by atoms with Crippen LogP contribution >= 0.6 is 0 Å². The summed E-state index contributed by atoms with van der Waals surface area (Å²) in [5.41, 5.74) is 0.0171. The summed E-state index contributed by atoms with van der Waals surface area (Å²) < 4.78 is 47.1. The van der Waals surface area contributed by atoms with E-state index < -0.39 is 62.8 Å². The molecule has 2 aromatic rings. The molecule has 2 bridgehead atoms. The van der Waals surface area contributed by atoms with E-state index in [1.54, 1.807) is 0 Å². The minimum atomic E-state index is -3.87. The lowest BCUT2D eigenvalue weighted by Crippen LogP contribution is -2.59. The topological polar surface area (TPSA) is 182 Å². The number of amides is 4. The zero-order valence-corrected chi connectivity index (χ0v) is 34.4. The van der Waals surface area contributed by atoms with Crippen molar-refractivity contribution < 1.29 is 41.8 Å². The van der Waals surface area contributed by atoms with Gasteiger partial charge in [0.1, 0.15) is 35.6 Å². The number of sulfonamides is 1. The van der Waals surface area contributed by atoms with Crippen LogP contribution in [-0.4, -0.2) is 90.3 Å². The van der Waals surface area contributed by atoms with Crippen molar-refractivity contribution in [1.29, 1.82) is 0 Å². The van der Waals surface area contributed by atoms with Crippen LogP contribution in [0.2, 0.25) is 0 Å². The Labute approximate surface area is 340 Å². The van der Waals surface area contributed by atoms with Gasteiger partial charge in [-0.15, -0.1) is 0 Å². The van der Waals surface area contributed by atoms with Crippen LogP contribution in [-0.2, 0) is 35.6 Å². The van der Waals surface area contributed by atoms with E-state index in [4.69, 9.17) is 19.2 Å². The molecular weight excluding hydrogens is 763 g/mol. The van der Waals surface area contributed by atoms with Crippen molar-refractivity contribution in [2.24, 2.45) is 17.8 Å². The quantitative estimate of drug-likeness (QED) is 0.284. The van der Waals surface area contributed by atoms with Crippen molar-refractivity contribution in [1.82, 2.24) is 25.2 Å². The van der Waals surface area contributed by atoms with Gasteiger partial charge in [0.2, 0.25) is 27.7 Å². The third kappa shape index (κ3) is 8.24. The molecular formula is C43H57N5O9S. The average molecular weight is 820 g/mol. The number of rotatable bonds is 9. The summed E-state index contributed by atoms with van der Waals surface area (Å²) in [5, 5.41) is 6.14. The Balaban J connectivity index is 1.15. The first-order valence-electron chi connectivity index (χ1n) is 21.5. The Morgan fingerprint density at radius 3 is 2.50 bits per heavy atom. The standard InChI is InChI=1S/C43H57N5O9S/c1-3-28-24-43(28,41(51)47-58(53,54)30-21-22-30)46-38(49)34-23-29-25-48(34)40(50)36(27-14-8-9-15-27)45-42(52)57-35-20-12-16-26(35)13-6-5-7-18-32-37(55-4-2)31-17-10-11-19-33(31)44-39(32)56-29/h5,7,10-11,17,19,26-30,34-36H,3-4,6,8-9,12-16,18,20-25H2,1-2H3,(H,45,52)(H,46,49)(H,47,51)/b7-5+/t26-,28-,29-,34+,35-,36+,43-/m1/s1. The number of para-hydroxylation sites is 1. The maximum absolute atomic E-state index is 15.0. The SMILES string of the molecule is CCOc1c2c(nc3ccccc13)O[C@@H]1C[C@@H](C(=O)N[C@]3(C(=O)NS(=O)(=O)C4CC4)C[C@H]3CC)N(C1)C(=O)[C@H](C1CCCC1)NC(=O)O[C@@H]1CCC[C@H]1CC/C=C/C2. The maximum atomic E-state index is 15.0. The number of fused-ring (bicyclic) bond motifs is 5. The minimum absolute atomic E-state index is 0.0157. The molecule has 14 nitrogen and oxygen atoms in total. The molecule has 1 aromatic heterocycles. The minimum Gasteiger partial charge on any atom is -0.493 e. The highest BCUT2D eigenvalue weighted by Crippen LogP contribution is 2.47. The van der Waals surface area contributed by atoms with Crippen molar-refractivity contribution in [2.75, 3.05) is 13.2 Å². The van der Waals surface area contributed by atoms with E-state index in [0.717, 1.165) is 68.7 Å². The van der Waals surface area contributed by atoms with Crippen molar-refractivity contribution in [3.05, 3.63) is 42.0 Å². The van der Waals surface area contributed by atoms with Crippen molar-refractivity contribution in [3.8, 4) is 11.6 Å². The molecule has 4 saturated carbocycles. The smallest absolute Gasteiger partial charge is 0.408 e. The van der Waals surface area contributed by atoms with E-state index in [-0.39, 0.29) is 43.2 Å². The van der Waals surface area contributed by atoms with Gasteiger partial charge in [-0.05, 0) is 107 Å². The second-order valence-electron chi connectivity index (χ2n) is 17.2. The number of hydrogen-bond acceptors (Lipinski definition) is 10. The summed E-state index contributed by atoms with van der Waals surface area (Å²) >= 11 is 0. The molecule has 0 spiro atoms. The zero-order valence-electron chi connectivity index (χ0n) is 33.6. The number of carbonyl (C=O) groups excluding carboxylic acids is 4. The molecule has 3 N–H and O–H groups in total. The molecule has 2 aliphatic heterocycles. The van der Waals surface area contributed by atoms with E-state index in [0.29, 0.717) is 49.4 Å². The summed E-state index contributed by atoms with van der Waals surface area (Å²) in [6, 6.07) is 5.69. The molecule has 4 amide bonds. The number of alkyl carbamates (subject to hydrolysis) is 1. The Kier molecular flexibility index (Phi) is 11.6. The maximum Gasteiger partial charge on any atom is 0.408 e. The van der Waals surface area contributed by atoms with Gasteiger partial charge in [-0.2, -0.15) is 0 Å². The van der Waals surface area contributed by atoms with E-state index in [9.17, 15) is 27.6 Å². The second kappa shape index (κ2) is 16.7. The van der Waals surface area contributed by atoms with Gasteiger partial charge in [0.15, 0.2) is 0 Å². The lowest BCUT2D eigenvalue weighted by Gasteiger charge is -2.32. The first-order valence-corrected chi connectivity index (χ1v) is 23.1. The highest BCUT2D eigenvalue weighted by Gasteiger charge is 2.62. The Hall–Kier alpha value is -4.40. The van der Waals surface area contributed by atoms with E-state index in [1.165, 1.54) is 4.90 Å². The number of nitrogens with one attached hydrogen (secondary N) is 3. The number of aromatic nitrogens is 1. The highest BCUT2D eigenvalue weighted by molar-refractivity contribution is 7.91. The van der Waals surface area contributed by atoms with Gasteiger partial charge in [0.25, 0.3) is 5.91 Å². The molecule has 314 valence electrons. The molecule has 8 rings (SSSR count). The molecule has 58 heavy (non-hydrogen) atoms. The van der Waals surface area contributed by atoms with E-state index >= 15 is 0 Å². The van der Waals surface area contributed by atoms with E-state index in [1.807, 2.05) is 38.1 Å². The van der Waals surface area contributed by atoms with Gasteiger partial charge in [0.05, 0.1) is 29.5 Å². The summed E-state index contributed by atoms with van der Waals surface area (Å²) in [6.07, 6.45) is 12.6. The molecule has 7 atom stereocenters. The number of pyridine rings is 1. The summed E-state index contributed by atoms with van der Waals surface area (Å²) in [7, 11) is -3.87. The Morgan fingerprint density at radius 1 is 0.983 bits per heavy atom. The highest BCUT2D eigenvalue weighted by atomic mass is 32.2. The van der Waals surface area contributed by atoms with Gasteiger partial charge in [-0.25, -0.2) is 18.2 Å². The van der Waals surface area contributed by atoms with Crippen molar-refractivity contribution in [3.63, 3.8) is 0 Å². The number of hydrogen-bond donors (Lipinski definition) is 3. The third-order valence-electron chi connectivity index (χ3n) is 13.3. The number of nitrogens with zero attached hydrogens (tertiary/aromatic N) is 2. The molecule has 5 fully saturated rings. The molecule has 15 heteroatoms. The van der Waals surface area contributed by atoms with Crippen LogP contribution in [0.1, 0.15) is 109 Å². The van der Waals surface area contributed by atoms with Crippen molar-refractivity contribution in [2.45, 2.75) is 145 Å². The first kappa shape index (κ1) is 40.4. The van der Waals surface area contributed by atoms with Crippen LogP contribution in [0.15, 0.2) is 36.4 Å². The van der Waals surface area contributed by atoms with Gasteiger partial charge in [-0.1, -0.05) is 50.5 Å². The predicted octanol–water partition coefficient (Wildman–Crippen LogP) is 5.22. The van der Waals surface area contributed by atoms with Crippen molar-refractivity contribution >= 4 is 44.7 Å².